The summed E-state index contributed by atoms with van der Waals surface area (Å²) < 4.78 is 0. The van der Waals surface area contributed by atoms with Gasteiger partial charge in [0.05, 0.1) is 12.6 Å². The molecule has 0 aliphatic rings. The van der Waals surface area contributed by atoms with Crippen LogP contribution in [0.15, 0.2) is 54.6 Å². The summed E-state index contributed by atoms with van der Waals surface area (Å²) in [5, 5.41) is 36.3. The molecule has 0 heterocycles. The van der Waals surface area contributed by atoms with Crippen LogP contribution in [0, 0.1) is 5.92 Å². The van der Waals surface area contributed by atoms with Crippen LogP contribution in [-0.4, -0.2) is 69.8 Å². The molecule has 38 heavy (non-hydrogen) atoms. The molecule has 0 aliphatic heterocycles. The highest BCUT2D eigenvalue weighted by Gasteiger charge is 2.32. The van der Waals surface area contributed by atoms with Crippen LogP contribution in [0.4, 0.5) is 0 Å². The summed E-state index contributed by atoms with van der Waals surface area (Å²) in [6.45, 7) is 2.72. The Labute approximate surface area is 221 Å². The van der Waals surface area contributed by atoms with Gasteiger partial charge in [0.2, 0.25) is 17.7 Å². The topological polar surface area (TPSA) is 191 Å². The van der Waals surface area contributed by atoms with Gasteiger partial charge in [0.15, 0.2) is 0 Å². The fourth-order valence-corrected chi connectivity index (χ4v) is 3.72. The van der Waals surface area contributed by atoms with Gasteiger partial charge in [-0.25, -0.2) is 4.79 Å². The van der Waals surface area contributed by atoms with Gasteiger partial charge in [-0.1, -0.05) is 62.7 Å². The van der Waals surface area contributed by atoms with Crippen molar-refractivity contribution in [3.63, 3.8) is 0 Å². The lowest BCUT2D eigenvalue weighted by molar-refractivity contribution is -0.143. The number of amides is 3. The Kier molecular flexibility index (Phi) is 11.7. The Hall–Kier alpha value is -3.96. The summed E-state index contributed by atoms with van der Waals surface area (Å²) in [6, 6.07) is 10.2. The molecule has 0 aliphatic carbocycles. The van der Waals surface area contributed by atoms with Gasteiger partial charge in [-0.15, -0.1) is 0 Å². The number of aliphatic hydroxyl groups is 1. The molecule has 3 amide bonds. The van der Waals surface area contributed by atoms with E-state index in [9.17, 15) is 34.5 Å². The van der Waals surface area contributed by atoms with Crippen molar-refractivity contribution in [3.8, 4) is 5.75 Å². The number of phenols is 1. The molecule has 0 saturated carbocycles. The third-order valence-electron chi connectivity index (χ3n) is 6.24. The van der Waals surface area contributed by atoms with Gasteiger partial charge in [-0.2, -0.15) is 0 Å². The van der Waals surface area contributed by atoms with E-state index in [4.69, 9.17) is 5.73 Å². The third-order valence-corrected chi connectivity index (χ3v) is 6.24. The average molecular weight is 529 g/mol. The molecular formula is C27H36N4O7. The molecule has 8 N–H and O–H groups in total. The molecule has 5 atom stereocenters. The van der Waals surface area contributed by atoms with Crippen molar-refractivity contribution in [1.29, 1.82) is 0 Å². The minimum atomic E-state index is -1.40. The van der Waals surface area contributed by atoms with Crippen LogP contribution in [0.3, 0.4) is 0 Å². The summed E-state index contributed by atoms with van der Waals surface area (Å²) in [6.07, 6.45) is 0.670. The second-order valence-corrected chi connectivity index (χ2v) is 9.18. The zero-order chi connectivity index (χ0) is 28.2. The maximum atomic E-state index is 13.1. The minimum absolute atomic E-state index is 0.0106. The van der Waals surface area contributed by atoms with Crippen LogP contribution in [-0.2, 0) is 32.0 Å². The van der Waals surface area contributed by atoms with E-state index < -0.39 is 54.5 Å². The number of aromatic hydroxyl groups is 1. The maximum absolute atomic E-state index is 13.1. The van der Waals surface area contributed by atoms with Crippen molar-refractivity contribution < 1.29 is 34.5 Å². The average Bonchev–Trinajstić information content (AvgIpc) is 2.90. The Bertz CT molecular complexity index is 1080. The van der Waals surface area contributed by atoms with Crippen LogP contribution in [0.1, 0.15) is 31.4 Å². The van der Waals surface area contributed by atoms with Gasteiger partial charge in [-0.3, -0.25) is 14.4 Å². The number of hydrogen-bond acceptors (Lipinski definition) is 7. The highest BCUT2D eigenvalue weighted by molar-refractivity contribution is 5.94. The quantitative estimate of drug-likeness (QED) is 0.179. The first-order valence-electron chi connectivity index (χ1n) is 12.4. The minimum Gasteiger partial charge on any atom is -0.508 e. The number of carbonyl (C=O) groups is 4. The number of carboxylic acids is 1. The Morgan fingerprint density at radius 1 is 0.816 bits per heavy atom. The van der Waals surface area contributed by atoms with Crippen LogP contribution in [0.25, 0.3) is 0 Å². The van der Waals surface area contributed by atoms with Gasteiger partial charge in [0.1, 0.15) is 23.9 Å². The summed E-state index contributed by atoms with van der Waals surface area (Å²) in [5.41, 5.74) is 7.37. The zero-order valence-corrected chi connectivity index (χ0v) is 21.5. The number of aliphatic hydroxyl groups excluding tert-OH is 1. The first-order chi connectivity index (χ1) is 18.0. The number of hydrogen-bond donors (Lipinski definition) is 7. The Morgan fingerprint density at radius 3 is 1.92 bits per heavy atom. The summed E-state index contributed by atoms with van der Waals surface area (Å²) in [4.78, 5) is 50.4. The largest absolute Gasteiger partial charge is 0.508 e. The van der Waals surface area contributed by atoms with E-state index in [0.717, 1.165) is 5.56 Å². The molecule has 2 rings (SSSR count). The SMILES string of the molecule is CCC(C)C(NC(=O)C(Cc1ccc(O)cc1)NC(=O)C(CO)NC(=O)C(N)Cc1ccccc1)C(=O)O. The molecule has 2 aromatic carbocycles. The second kappa shape index (κ2) is 14.7. The molecular weight excluding hydrogens is 492 g/mol. The molecule has 0 aromatic heterocycles. The fourth-order valence-electron chi connectivity index (χ4n) is 3.72. The Morgan fingerprint density at radius 2 is 1.37 bits per heavy atom. The molecule has 11 nitrogen and oxygen atoms in total. The summed E-state index contributed by atoms with van der Waals surface area (Å²) >= 11 is 0. The van der Waals surface area contributed by atoms with Crippen molar-refractivity contribution >= 4 is 23.7 Å². The number of phenolic OH excluding ortho intramolecular Hbond substituents is 1. The molecule has 0 radical (unpaired) electrons. The lowest BCUT2D eigenvalue weighted by atomic mass is 9.98. The highest BCUT2D eigenvalue weighted by atomic mass is 16.4. The second-order valence-electron chi connectivity index (χ2n) is 9.18. The van der Waals surface area contributed by atoms with E-state index in [1.54, 1.807) is 50.2 Å². The number of nitrogens with two attached hydrogens (primary N) is 1. The van der Waals surface area contributed by atoms with E-state index in [0.29, 0.717) is 12.0 Å². The van der Waals surface area contributed by atoms with Crippen molar-refractivity contribution in [2.75, 3.05) is 6.61 Å². The first kappa shape index (κ1) is 30.3. The normalized spacial score (nSPS) is 14.8. The molecule has 0 fully saturated rings. The highest BCUT2D eigenvalue weighted by Crippen LogP contribution is 2.13. The number of carboxylic acid groups (broad SMARTS) is 1. The zero-order valence-electron chi connectivity index (χ0n) is 21.5. The lowest BCUT2D eigenvalue weighted by Crippen LogP contribution is -2.59. The lowest BCUT2D eigenvalue weighted by Gasteiger charge is -2.26. The molecule has 2 aromatic rings. The van der Waals surface area contributed by atoms with Crippen molar-refractivity contribution in [3.05, 3.63) is 65.7 Å². The van der Waals surface area contributed by atoms with E-state index >= 15 is 0 Å². The van der Waals surface area contributed by atoms with Gasteiger partial charge in [0.25, 0.3) is 0 Å². The van der Waals surface area contributed by atoms with Crippen molar-refractivity contribution in [2.45, 2.75) is 57.3 Å². The molecule has 0 spiro atoms. The number of carbonyl (C=O) groups excluding carboxylic acids is 3. The van der Waals surface area contributed by atoms with E-state index in [1.165, 1.54) is 12.1 Å². The van der Waals surface area contributed by atoms with Crippen LogP contribution < -0.4 is 21.7 Å². The monoisotopic (exact) mass is 528 g/mol. The number of nitrogens with one attached hydrogen (secondary N) is 3. The van der Waals surface area contributed by atoms with E-state index in [2.05, 4.69) is 16.0 Å². The Balaban J connectivity index is 2.16. The van der Waals surface area contributed by atoms with E-state index in [-0.39, 0.29) is 24.5 Å². The molecule has 206 valence electrons. The number of benzene rings is 2. The molecule has 5 unspecified atom stereocenters. The number of aliphatic carboxylic acids is 1. The molecule has 0 saturated heterocycles. The van der Waals surface area contributed by atoms with Gasteiger partial charge < -0.3 is 37.0 Å². The third kappa shape index (κ3) is 9.16. The molecule has 11 heteroatoms. The fraction of sp³-hybridized carbons (Fsp3) is 0.407. The van der Waals surface area contributed by atoms with Crippen molar-refractivity contribution in [1.82, 2.24) is 16.0 Å². The summed E-state index contributed by atoms with van der Waals surface area (Å²) in [7, 11) is 0. The predicted molar refractivity (Wildman–Crippen MR) is 140 cm³/mol. The van der Waals surface area contributed by atoms with Crippen LogP contribution in [0.2, 0.25) is 0 Å². The predicted octanol–water partition coefficient (Wildman–Crippen LogP) is 0.0821. The molecule has 0 bridgehead atoms. The van der Waals surface area contributed by atoms with Crippen LogP contribution in [0.5, 0.6) is 5.75 Å². The smallest absolute Gasteiger partial charge is 0.326 e. The maximum Gasteiger partial charge on any atom is 0.326 e. The van der Waals surface area contributed by atoms with Crippen molar-refractivity contribution in [2.24, 2.45) is 11.7 Å². The van der Waals surface area contributed by atoms with Crippen LogP contribution >= 0.6 is 0 Å². The van der Waals surface area contributed by atoms with Gasteiger partial charge in [0, 0.05) is 6.42 Å². The summed E-state index contributed by atoms with van der Waals surface area (Å²) in [5.74, 6) is -3.83. The first-order valence-corrected chi connectivity index (χ1v) is 12.4. The van der Waals surface area contributed by atoms with Gasteiger partial charge in [-0.05, 0) is 35.6 Å². The van der Waals surface area contributed by atoms with E-state index in [1.807, 2.05) is 6.07 Å². The van der Waals surface area contributed by atoms with Gasteiger partial charge >= 0.3 is 5.97 Å². The standard InChI is InChI=1S/C27H36N4O7/c1-3-16(2)23(27(37)38)31-25(35)21(14-18-9-11-19(33)12-10-18)29-26(36)22(15-32)30-24(34)20(28)13-17-7-5-4-6-8-17/h4-12,16,20-23,32-33H,3,13-15,28H2,1-2H3,(H,29,36)(H,30,34)(H,31,35)(H,37,38). The number of rotatable bonds is 14.